The van der Waals surface area contributed by atoms with Crippen LogP contribution in [0.2, 0.25) is 0 Å². The van der Waals surface area contributed by atoms with Crippen molar-refractivity contribution < 1.29 is 9.53 Å². The summed E-state index contributed by atoms with van der Waals surface area (Å²) in [5.74, 6) is -0.0193. The van der Waals surface area contributed by atoms with Crippen LogP contribution in [0.4, 0.5) is 5.69 Å². The second kappa shape index (κ2) is 7.28. The zero-order valence-electron chi connectivity index (χ0n) is 14.4. The lowest BCUT2D eigenvalue weighted by molar-refractivity contribution is 0.0411. The van der Waals surface area contributed by atoms with Gasteiger partial charge in [0.15, 0.2) is 0 Å². The number of carbonyl (C=O) groups is 1. The lowest BCUT2D eigenvalue weighted by Gasteiger charge is -2.26. The van der Waals surface area contributed by atoms with E-state index in [0.717, 1.165) is 30.8 Å². The molecular weight excluding hydrogens is 312 g/mol. The summed E-state index contributed by atoms with van der Waals surface area (Å²) >= 11 is 0. The highest BCUT2D eigenvalue weighted by molar-refractivity contribution is 5.99. The third-order valence-corrected chi connectivity index (χ3v) is 5.14. The summed E-state index contributed by atoms with van der Waals surface area (Å²) in [6.07, 6.45) is 3.27. The minimum absolute atomic E-state index is 0.0193. The van der Waals surface area contributed by atoms with Crippen LogP contribution in [0.1, 0.15) is 40.4 Å². The SMILES string of the molecule is O=C(NC[C@H]1OCCc2ccccc21)c1ccccc1N1CCCC1. The minimum atomic E-state index is -0.0622. The summed E-state index contributed by atoms with van der Waals surface area (Å²) in [7, 11) is 0. The van der Waals surface area contributed by atoms with E-state index < -0.39 is 0 Å². The molecule has 25 heavy (non-hydrogen) atoms. The number of hydrogen-bond acceptors (Lipinski definition) is 3. The van der Waals surface area contributed by atoms with Crippen molar-refractivity contribution in [1.29, 1.82) is 0 Å². The van der Waals surface area contributed by atoms with Crippen molar-refractivity contribution in [2.45, 2.75) is 25.4 Å². The van der Waals surface area contributed by atoms with Gasteiger partial charge in [-0.3, -0.25) is 4.79 Å². The molecule has 0 spiro atoms. The number of benzene rings is 2. The monoisotopic (exact) mass is 336 g/mol. The van der Waals surface area contributed by atoms with E-state index in [4.69, 9.17) is 4.74 Å². The zero-order chi connectivity index (χ0) is 17.1. The molecule has 4 rings (SSSR count). The molecule has 0 radical (unpaired) electrons. The Balaban J connectivity index is 1.47. The fourth-order valence-corrected chi connectivity index (χ4v) is 3.83. The van der Waals surface area contributed by atoms with Crippen LogP contribution >= 0.6 is 0 Å². The van der Waals surface area contributed by atoms with Gasteiger partial charge < -0.3 is 15.0 Å². The van der Waals surface area contributed by atoms with Crippen LogP contribution in [0.5, 0.6) is 0 Å². The van der Waals surface area contributed by atoms with Crippen molar-refractivity contribution in [3.05, 3.63) is 65.2 Å². The number of nitrogens with zero attached hydrogens (tertiary/aromatic N) is 1. The van der Waals surface area contributed by atoms with Crippen molar-refractivity contribution in [2.24, 2.45) is 0 Å². The lowest BCUT2D eigenvalue weighted by atomic mass is 9.97. The van der Waals surface area contributed by atoms with Gasteiger partial charge in [-0.2, -0.15) is 0 Å². The Morgan fingerprint density at radius 2 is 1.84 bits per heavy atom. The van der Waals surface area contributed by atoms with Gasteiger partial charge in [-0.25, -0.2) is 0 Å². The first kappa shape index (κ1) is 16.2. The molecule has 2 aliphatic heterocycles. The highest BCUT2D eigenvalue weighted by Crippen LogP contribution is 2.27. The molecule has 2 aliphatic rings. The molecule has 2 heterocycles. The van der Waals surface area contributed by atoms with Crippen LogP contribution in [0.15, 0.2) is 48.5 Å². The average Bonchev–Trinajstić information content (AvgIpc) is 3.21. The number of carbonyl (C=O) groups excluding carboxylic acids is 1. The van der Waals surface area contributed by atoms with Crippen molar-refractivity contribution in [1.82, 2.24) is 5.32 Å². The molecule has 2 aromatic rings. The summed E-state index contributed by atoms with van der Waals surface area (Å²) in [4.78, 5) is 15.1. The normalized spacial score (nSPS) is 19.5. The van der Waals surface area contributed by atoms with Crippen molar-refractivity contribution in [3.63, 3.8) is 0 Å². The Hall–Kier alpha value is -2.33. The van der Waals surface area contributed by atoms with E-state index in [-0.39, 0.29) is 12.0 Å². The van der Waals surface area contributed by atoms with E-state index in [0.29, 0.717) is 13.2 Å². The molecule has 130 valence electrons. The Kier molecular flexibility index (Phi) is 4.70. The maximum atomic E-state index is 12.8. The molecular formula is C21H24N2O2. The number of fused-ring (bicyclic) bond motifs is 1. The number of para-hydroxylation sites is 1. The Morgan fingerprint density at radius 1 is 1.08 bits per heavy atom. The fraction of sp³-hybridized carbons (Fsp3) is 0.381. The second-order valence-corrected chi connectivity index (χ2v) is 6.73. The second-order valence-electron chi connectivity index (χ2n) is 6.73. The van der Waals surface area contributed by atoms with Crippen LogP contribution in [0.3, 0.4) is 0 Å². The van der Waals surface area contributed by atoms with Crippen LogP contribution in [0.25, 0.3) is 0 Å². The summed E-state index contributed by atoms with van der Waals surface area (Å²) in [6.45, 7) is 3.28. The maximum Gasteiger partial charge on any atom is 0.253 e. The zero-order valence-corrected chi connectivity index (χ0v) is 14.4. The topological polar surface area (TPSA) is 41.6 Å². The number of ether oxygens (including phenoxy) is 1. The van der Waals surface area contributed by atoms with Gasteiger partial charge in [0.05, 0.1) is 12.2 Å². The summed E-state index contributed by atoms with van der Waals surface area (Å²) in [5, 5.41) is 3.08. The van der Waals surface area contributed by atoms with Gasteiger partial charge in [-0.15, -0.1) is 0 Å². The first-order valence-corrected chi connectivity index (χ1v) is 9.14. The van der Waals surface area contributed by atoms with Gasteiger partial charge in [-0.1, -0.05) is 36.4 Å². The molecule has 0 aliphatic carbocycles. The van der Waals surface area contributed by atoms with Gasteiger partial charge in [-0.05, 0) is 42.5 Å². The molecule has 0 bridgehead atoms. The Morgan fingerprint density at radius 3 is 2.72 bits per heavy atom. The lowest BCUT2D eigenvalue weighted by Crippen LogP contribution is -2.33. The molecule has 1 amide bonds. The highest BCUT2D eigenvalue weighted by atomic mass is 16.5. The first-order chi connectivity index (χ1) is 12.3. The van der Waals surface area contributed by atoms with E-state index in [1.807, 2.05) is 30.3 Å². The fourth-order valence-electron chi connectivity index (χ4n) is 3.83. The quantitative estimate of drug-likeness (QED) is 0.931. The van der Waals surface area contributed by atoms with E-state index in [1.54, 1.807) is 0 Å². The molecule has 1 N–H and O–H groups in total. The number of rotatable bonds is 4. The van der Waals surface area contributed by atoms with Gasteiger partial charge >= 0.3 is 0 Å². The number of amides is 1. The summed E-state index contributed by atoms with van der Waals surface area (Å²) < 4.78 is 5.90. The van der Waals surface area contributed by atoms with Crippen LogP contribution in [0, 0.1) is 0 Å². The summed E-state index contributed by atoms with van der Waals surface area (Å²) in [6, 6.07) is 16.2. The predicted molar refractivity (Wildman–Crippen MR) is 99.1 cm³/mol. The minimum Gasteiger partial charge on any atom is -0.371 e. The van der Waals surface area contributed by atoms with Crippen LogP contribution in [-0.2, 0) is 11.2 Å². The largest absolute Gasteiger partial charge is 0.371 e. The Bertz CT molecular complexity index is 753. The molecule has 4 heteroatoms. The van der Waals surface area contributed by atoms with Crippen molar-refractivity contribution in [2.75, 3.05) is 31.1 Å². The molecule has 0 saturated carbocycles. The standard InChI is InChI=1S/C21H24N2O2/c24-21(18-9-3-4-10-19(18)23-12-5-6-13-23)22-15-20-17-8-2-1-7-16(17)11-14-25-20/h1-4,7-10,20H,5-6,11-15H2,(H,22,24)/t20-/m1/s1. The average molecular weight is 336 g/mol. The molecule has 1 fully saturated rings. The number of hydrogen-bond donors (Lipinski definition) is 1. The maximum absolute atomic E-state index is 12.8. The van der Waals surface area contributed by atoms with Gasteiger partial charge in [0.25, 0.3) is 5.91 Å². The molecule has 1 atom stereocenters. The third-order valence-electron chi connectivity index (χ3n) is 5.14. The molecule has 2 aromatic carbocycles. The van der Waals surface area contributed by atoms with Gasteiger partial charge in [0.2, 0.25) is 0 Å². The molecule has 1 saturated heterocycles. The van der Waals surface area contributed by atoms with E-state index in [2.05, 4.69) is 28.4 Å². The third kappa shape index (κ3) is 3.40. The van der Waals surface area contributed by atoms with Gasteiger partial charge in [0, 0.05) is 25.3 Å². The summed E-state index contributed by atoms with van der Waals surface area (Å²) in [5.41, 5.74) is 4.32. The first-order valence-electron chi connectivity index (χ1n) is 9.14. The number of anilines is 1. The van der Waals surface area contributed by atoms with Gasteiger partial charge in [0.1, 0.15) is 6.10 Å². The van der Waals surface area contributed by atoms with Crippen molar-refractivity contribution >= 4 is 11.6 Å². The molecule has 0 unspecified atom stereocenters. The predicted octanol–water partition coefficient (Wildman–Crippen LogP) is 3.33. The van der Waals surface area contributed by atoms with E-state index in [9.17, 15) is 4.79 Å². The highest BCUT2D eigenvalue weighted by Gasteiger charge is 2.23. The Labute approximate surface area is 148 Å². The number of nitrogens with one attached hydrogen (secondary N) is 1. The van der Waals surface area contributed by atoms with E-state index >= 15 is 0 Å². The van der Waals surface area contributed by atoms with Crippen LogP contribution < -0.4 is 10.2 Å². The smallest absolute Gasteiger partial charge is 0.253 e. The van der Waals surface area contributed by atoms with Crippen molar-refractivity contribution in [3.8, 4) is 0 Å². The molecule has 0 aromatic heterocycles. The van der Waals surface area contributed by atoms with Crippen LogP contribution in [-0.4, -0.2) is 32.1 Å². The van der Waals surface area contributed by atoms with E-state index in [1.165, 1.54) is 24.0 Å². The molecule has 4 nitrogen and oxygen atoms in total.